The highest BCUT2D eigenvalue weighted by Crippen LogP contribution is 2.26. The van der Waals surface area contributed by atoms with Crippen molar-refractivity contribution >= 4 is 11.3 Å². The van der Waals surface area contributed by atoms with Crippen LogP contribution >= 0.6 is 11.3 Å². The molecule has 2 rings (SSSR count). The maximum atomic E-state index is 5.14. The topological polar surface area (TPSA) is 61.0 Å². The van der Waals surface area contributed by atoms with E-state index in [1.807, 2.05) is 13.8 Å². The normalized spacial score (nSPS) is 13.0. The number of hydrogen-bond donors (Lipinski definition) is 0. The average molecular weight is 225 g/mol. The molecule has 0 unspecified atom stereocenters. The molecule has 80 valence electrons. The van der Waals surface area contributed by atoms with E-state index in [0.717, 1.165) is 10.6 Å². The molecule has 15 heavy (non-hydrogen) atoms. The third kappa shape index (κ3) is 1.91. The predicted octanol–water partition coefficient (Wildman–Crippen LogP) is 2.21. The summed E-state index contributed by atoms with van der Waals surface area (Å²) in [5.74, 6) is 1.06. The van der Waals surface area contributed by atoms with Gasteiger partial charge in [0.2, 0.25) is 5.82 Å². The van der Waals surface area contributed by atoms with E-state index in [-0.39, 0.29) is 6.10 Å². The lowest BCUT2D eigenvalue weighted by Crippen LogP contribution is -1.97. The second kappa shape index (κ2) is 4.08. The number of ether oxygens (including phenoxy) is 1. The number of nitrogens with zero attached hydrogens (tertiary/aromatic N) is 3. The second-order valence-corrected chi connectivity index (χ2v) is 3.96. The molecule has 0 fully saturated rings. The molecule has 0 N–H and O–H groups in total. The summed E-state index contributed by atoms with van der Waals surface area (Å²) in [5.41, 5.74) is 2.66. The zero-order valence-electron chi connectivity index (χ0n) is 8.72. The Hall–Kier alpha value is -1.27. The van der Waals surface area contributed by atoms with Crippen LogP contribution < -0.4 is 0 Å². The van der Waals surface area contributed by atoms with E-state index >= 15 is 0 Å². The highest BCUT2D eigenvalue weighted by molar-refractivity contribution is 7.13. The maximum absolute atomic E-state index is 5.14. The first-order chi connectivity index (χ1) is 7.22. The van der Waals surface area contributed by atoms with Crippen molar-refractivity contribution in [1.29, 1.82) is 0 Å². The summed E-state index contributed by atoms with van der Waals surface area (Å²) in [6.45, 7) is 3.78. The zero-order valence-corrected chi connectivity index (χ0v) is 9.54. The summed E-state index contributed by atoms with van der Waals surface area (Å²) >= 11 is 1.49. The molecule has 2 aromatic rings. The van der Waals surface area contributed by atoms with Gasteiger partial charge in [0.05, 0.1) is 11.2 Å². The SMILES string of the molecule is CO[C@@H](C)c1noc(-c2scnc2C)n1. The van der Waals surface area contributed by atoms with Crippen molar-refractivity contribution in [3.05, 3.63) is 17.0 Å². The van der Waals surface area contributed by atoms with Crippen LogP contribution in [0.4, 0.5) is 0 Å². The van der Waals surface area contributed by atoms with Crippen molar-refractivity contribution in [2.45, 2.75) is 20.0 Å². The second-order valence-electron chi connectivity index (χ2n) is 3.10. The first-order valence-electron chi connectivity index (χ1n) is 4.49. The van der Waals surface area contributed by atoms with Gasteiger partial charge in [0.25, 0.3) is 5.89 Å². The molecule has 0 aliphatic carbocycles. The van der Waals surface area contributed by atoms with Gasteiger partial charge in [-0.25, -0.2) is 4.98 Å². The fourth-order valence-electron chi connectivity index (χ4n) is 1.10. The van der Waals surface area contributed by atoms with Crippen LogP contribution in [0.2, 0.25) is 0 Å². The molecule has 0 radical (unpaired) electrons. The number of methoxy groups -OCH3 is 1. The fourth-order valence-corrected chi connectivity index (χ4v) is 1.83. The van der Waals surface area contributed by atoms with E-state index in [4.69, 9.17) is 9.26 Å². The molecule has 2 aromatic heterocycles. The number of aromatic nitrogens is 3. The fraction of sp³-hybridized carbons (Fsp3) is 0.444. The van der Waals surface area contributed by atoms with Gasteiger partial charge in [-0.1, -0.05) is 5.16 Å². The zero-order chi connectivity index (χ0) is 10.8. The molecule has 2 heterocycles. The third-order valence-corrected chi connectivity index (χ3v) is 3.02. The Morgan fingerprint density at radius 2 is 2.33 bits per heavy atom. The number of rotatable bonds is 3. The molecule has 0 saturated heterocycles. The number of aryl methyl sites for hydroxylation is 1. The largest absolute Gasteiger partial charge is 0.374 e. The Labute approximate surface area is 91.1 Å². The molecule has 5 nitrogen and oxygen atoms in total. The monoisotopic (exact) mass is 225 g/mol. The van der Waals surface area contributed by atoms with Gasteiger partial charge in [-0.2, -0.15) is 4.98 Å². The van der Waals surface area contributed by atoms with Crippen LogP contribution in [0.15, 0.2) is 10.0 Å². The minimum atomic E-state index is -0.157. The van der Waals surface area contributed by atoms with Crippen molar-refractivity contribution in [2.75, 3.05) is 7.11 Å². The molecule has 6 heteroatoms. The average Bonchev–Trinajstić information content (AvgIpc) is 2.84. The first kappa shape index (κ1) is 10.3. The summed E-state index contributed by atoms with van der Waals surface area (Å²) in [4.78, 5) is 9.29. The van der Waals surface area contributed by atoms with Gasteiger partial charge in [-0.05, 0) is 13.8 Å². The first-order valence-corrected chi connectivity index (χ1v) is 5.37. The van der Waals surface area contributed by atoms with Crippen LogP contribution in [-0.2, 0) is 4.74 Å². The van der Waals surface area contributed by atoms with Crippen molar-refractivity contribution in [3.63, 3.8) is 0 Å². The summed E-state index contributed by atoms with van der Waals surface area (Å²) in [6, 6.07) is 0. The molecule has 0 aromatic carbocycles. The Bertz CT molecular complexity index is 452. The Balaban J connectivity index is 2.32. The smallest absolute Gasteiger partial charge is 0.270 e. The lowest BCUT2D eigenvalue weighted by atomic mass is 10.4. The lowest BCUT2D eigenvalue weighted by molar-refractivity contribution is 0.109. The number of hydrogen-bond acceptors (Lipinski definition) is 6. The summed E-state index contributed by atoms with van der Waals surface area (Å²) in [7, 11) is 1.61. The van der Waals surface area contributed by atoms with Crippen molar-refractivity contribution in [3.8, 4) is 10.8 Å². The highest BCUT2D eigenvalue weighted by atomic mass is 32.1. The number of thiazole rings is 1. The van der Waals surface area contributed by atoms with E-state index in [2.05, 4.69) is 15.1 Å². The molecule has 0 saturated carbocycles. The molecule has 0 aliphatic heterocycles. The molecule has 0 spiro atoms. The summed E-state index contributed by atoms with van der Waals surface area (Å²) in [6.07, 6.45) is -0.157. The lowest BCUT2D eigenvalue weighted by Gasteiger charge is -2.00. The highest BCUT2D eigenvalue weighted by Gasteiger charge is 2.16. The van der Waals surface area contributed by atoms with Gasteiger partial charge in [-0.3, -0.25) is 0 Å². The van der Waals surface area contributed by atoms with Gasteiger partial charge < -0.3 is 9.26 Å². The Morgan fingerprint density at radius 3 is 2.93 bits per heavy atom. The van der Waals surface area contributed by atoms with Gasteiger partial charge in [0.15, 0.2) is 0 Å². The van der Waals surface area contributed by atoms with Crippen LogP contribution in [-0.4, -0.2) is 22.2 Å². The van der Waals surface area contributed by atoms with Gasteiger partial charge in [0, 0.05) is 7.11 Å². The molecule has 0 bridgehead atoms. The van der Waals surface area contributed by atoms with Crippen LogP contribution in [0.1, 0.15) is 24.5 Å². The van der Waals surface area contributed by atoms with Crippen LogP contribution in [0.25, 0.3) is 10.8 Å². The summed E-state index contributed by atoms with van der Waals surface area (Å²) in [5, 5.41) is 3.85. The minimum Gasteiger partial charge on any atom is -0.374 e. The Morgan fingerprint density at radius 1 is 1.53 bits per heavy atom. The third-order valence-electron chi connectivity index (χ3n) is 2.10. The molecular formula is C9H11N3O2S. The van der Waals surface area contributed by atoms with E-state index in [1.54, 1.807) is 12.6 Å². The predicted molar refractivity (Wildman–Crippen MR) is 55.6 cm³/mol. The standard InChI is InChI=1S/C9H11N3O2S/c1-5-7(15-4-10-5)9-11-8(12-14-9)6(2)13-3/h4,6H,1-3H3/t6-/m0/s1. The van der Waals surface area contributed by atoms with Crippen molar-refractivity contribution < 1.29 is 9.26 Å². The van der Waals surface area contributed by atoms with Crippen molar-refractivity contribution in [1.82, 2.24) is 15.1 Å². The summed E-state index contributed by atoms with van der Waals surface area (Å²) < 4.78 is 10.2. The van der Waals surface area contributed by atoms with E-state index in [9.17, 15) is 0 Å². The minimum absolute atomic E-state index is 0.157. The molecule has 0 aliphatic rings. The quantitative estimate of drug-likeness (QED) is 0.801. The Kier molecular flexibility index (Phi) is 2.79. The van der Waals surface area contributed by atoms with E-state index in [1.165, 1.54) is 11.3 Å². The van der Waals surface area contributed by atoms with Gasteiger partial charge >= 0.3 is 0 Å². The van der Waals surface area contributed by atoms with Crippen molar-refractivity contribution in [2.24, 2.45) is 0 Å². The van der Waals surface area contributed by atoms with Crippen LogP contribution in [0.3, 0.4) is 0 Å². The molecular weight excluding hydrogens is 214 g/mol. The van der Waals surface area contributed by atoms with Crippen LogP contribution in [0.5, 0.6) is 0 Å². The molecule has 1 atom stereocenters. The van der Waals surface area contributed by atoms with Crippen LogP contribution in [0, 0.1) is 6.92 Å². The maximum Gasteiger partial charge on any atom is 0.270 e. The molecule has 0 amide bonds. The van der Waals surface area contributed by atoms with Gasteiger partial charge in [-0.15, -0.1) is 11.3 Å². The van der Waals surface area contributed by atoms with E-state index < -0.39 is 0 Å². The van der Waals surface area contributed by atoms with Gasteiger partial charge in [0.1, 0.15) is 11.0 Å². The van der Waals surface area contributed by atoms with E-state index in [0.29, 0.717) is 11.7 Å².